The molecule has 0 saturated heterocycles. The van der Waals surface area contributed by atoms with Gasteiger partial charge in [-0.05, 0) is 61.1 Å². The average Bonchev–Trinajstić information content (AvgIpc) is 2.75. The Kier molecular flexibility index (Phi) is 12.3. The van der Waals surface area contributed by atoms with Gasteiger partial charge >= 0.3 is 12.1 Å². The highest BCUT2D eigenvalue weighted by molar-refractivity contribution is 7.80. The lowest BCUT2D eigenvalue weighted by atomic mass is 9.82. The first kappa shape index (κ1) is 29.1. The molecule has 1 aromatic rings. The summed E-state index contributed by atoms with van der Waals surface area (Å²) in [6, 6.07) is 3.26. The molecule has 0 aliphatic rings. The zero-order chi connectivity index (χ0) is 25.7. The van der Waals surface area contributed by atoms with E-state index in [9.17, 15) is 9.59 Å². The molecular weight excluding hydrogens is 454 g/mol. The number of hydrogen-bond donors (Lipinski definition) is 6. The number of thiol groups is 1. The van der Waals surface area contributed by atoms with Gasteiger partial charge in [-0.25, -0.2) is 20.4 Å². The van der Waals surface area contributed by atoms with E-state index in [1.54, 1.807) is 24.1 Å². The fourth-order valence-electron chi connectivity index (χ4n) is 2.55. The number of nitrogens with two attached hydrogens (primary N) is 1. The van der Waals surface area contributed by atoms with Crippen LogP contribution in [0.1, 0.15) is 46.6 Å². The summed E-state index contributed by atoms with van der Waals surface area (Å²) in [6.45, 7) is 10.4. The van der Waals surface area contributed by atoms with Gasteiger partial charge in [0, 0.05) is 13.2 Å². The van der Waals surface area contributed by atoms with Crippen molar-refractivity contribution >= 4 is 30.6 Å². The third-order valence-corrected chi connectivity index (χ3v) is 5.60. The van der Waals surface area contributed by atoms with E-state index in [2.05, 4.69) is 66.7 Å². The van der Waals surface area contributed by atoms with Gasteiger partial charge in [0.1, 0.15) is 17.1 Å². The van der Waals surface area contributed by atoms with Gasteiger partial charge in [0.2, 0.25) is 0 Å². The molecule has 10 nitrogen and oxygen atoms in total. The number of anilines is 1. The maximum atomic E-state index is 12.3. The number of nitrogens with zero attached hydrogens (tertiary/aromatic N) is 2. The van der Waals surface area contributed by atoms with Crippen LogP contribution in [0, 0.1) is 11.3 Å². The minimum Gasteiger partial charge on any atom is -0.450 e. The van der Waals surface area contributed by atoms with Crippen LogP contribution in [0.15, 0.2) is 42.5 Å². The van der Waals surface area contributed by atoms with Crippen LogP contribution in [0.4, 0.5) is 15.4 Å². The molecule has 1 heterocycles. The largest absolute Gasteiger partial charge is 0.450 e. The summed E-state index contributed by atoms with van der Waals surface area (Å²) < 4.78 is 4.86. The molecule has 2 atom stereocenters. The molecule has 11 heteroatoms. The van der Waals surface area contributed by atoms with Crippen LogP contribution in [-0.4, -0.2) is 41.2 Å². The van der Waals surface area contributed by atoms with Gasteiger partial charge in [0.25, 0.3) is 0 Å². The van der Waals surface area contributed by atoms with Crippen LogP contribution in [0.2, 0.25) is 0 Å². The van der Waals surface area contributed by atoms with Gasteiger partial charge < -0.3 is 20.4 Å². The lowest BCUT2D eigenvalue weighted by Crippen LogP contribution is -2.47. The van der Waals surface area contributed by atoms with E-state index in [0.717, 1.165) is 18.4 Å². The smallest absolute Gasteiger partial charge is 0.412 e. The predicted molar refractivity (Wildman–Crippen MR) is 139 cm³/mol. The number of carbonyl (C=O) groups is 2. The molecule has 0 radical (unpaired) electrons. The van der Waals surface area contributed by atoms with Crippen LogP contribution >= 0.6 is 12.6 Å². The van der Waals surface area contributed by atoms with E-state index >= 15 is 0 Å². The second kappa shape index (κ2) is 14.4. The summed E-state index contributed by atoms with van der Waals surface area (Å²) in [5, 5.41) is 8.03. The summed E-state index contributed by atoms with van der Waals surface area (Å²) in [6.07, 6.45) is 8.30. The maximum Gasteiger partial charge on any atom is 0.412 e. The van der Waals surface area contributed by atoms with Gasteiger partial charge in [-0.3, -0.25) is 10.6 Å². The SMILES string of the molecule is CCOC(=O)Nc1cc(CC/C=C/N(C)C(S)NC(=O)N/C(=C/C(C)C(C)(C)C)NN)ccn1. The predicted octanol–water partition coefficient (Wildman–Crippen LogP) is 3.53. The summed E-state index contributed by atoms with van der Waals surface area (Å²) in [5.74, 6) is 6.60. The molecule has 6 N–H and O–H groups in total. The number of pyridine rings is 1. The number of rotatable bonds is 11. The molecule has 1 rings (SSSR count). The first-order chi connectivity index (χ1) is 16.0. The van der Waals surface area contributed by atoms with E-state index in [1.807, 2.05) is 31.5 Å². The standard InChI is InChI=1S/C23H39N7O3S/c1-7-33-22(32)27-18-15-17(11-12-25-18)10-8-9-13-30(6)21(34)28-20(31)26-19(29-24)14-16(2)23(3,4)5/h9,11-16,21,29,34H,7-8,10,24H2,1-6H3,(H,25,27,32)(H2,26,28,31)/b13-9+,19-14-. The second-order valence-electron chi connectivity index (χ2n) is 8.84. The Morgan fingerprint density at radius 1 is 1.35 bits per heavy atom. The van der Waals surface area contributed by atoms with Crippen LogP contribution < -0.4 is 27.2 Å². The summed E-state index contributed by atoms with van der Waals surface area (Å²) in [4.78, 5) is 29.7. The molecule has 0 spiro atoms. The van der Waals surface area contributed by atoms with Gasteiger partial charge in [-0.1, -0.05) is 33.8 Å². The van der Waals surface area contributed by atoms with E-state index in [4.69, 9.17) is 10.6 Å². The third kappa shape index (κ3) is 11.3. The monoisotopic (exact) mass is 493 g/mol. The number of urea groups is 1. The Morgan fingerprint density at radius 2 is 2.06 bits per heavy atom. The summed E-state index contributed by atoms with van der Waals surface area (Å²) in [7, 11) is 1.81. The fraction of sp³-hybridized carbons (Fsp3) is 0.522. The van der Waals surface area contributed by atoms with E-state index in [-0.39, 0.29) is 11.3 Å². The van der Waals surface area contributed by atoms with E-state index < -0.39 is 17.6 Å². The van der Waals surface area contributed by atoms with Crippen molar-refractivity contribution < 1.29 is 14.3 Å². The Labute approximate surface area is 208 Å². The average molecular weight is 494 g/mol. The quantitative estimate of drug-likeness (QED) is 0.120. The van der Waals surface area contributed by atoms with E-state index in [0.29, 0.717) is 18.2 Å². The number of nitrogens with one attached hydrogen (secondary N) is 4. The number of aryl methyl sites for hydroxylation is 1. The van der Waals surface area contributed by atoms with Crippen LogP contribution in [-0.2, 0) is 11.2 Å². The maximum absolute atomic E-state index is 12.3. The molecule has 0 aromatic carbocycles. The highest BCUT2D eigenvalue weighted by Gasteiger charge is 2.19. The van der Waals surface area contributed by atoms with Crippen molar-refractivity contribution in [2.75, 3.05) is 19.0 Å². The number of amides is 3. The molecule has 1 aromatic heterocycles. The zero-order valence-electron chi connectivity index (χ0n) is 20.9. The molecule has 0 aliphatic carbocycles. The zero-order valence-corrected chi connectivity index (χ0v) is 21.8. The molecule has 0 saturated carbocycles. The summed E-state index contributed by atoms with van der Waals surface area (Å²) in [5.41, 5.74) is 3.03. The highest BCUT2D eigenvalue weighted by Crippen LogP contribution is 2.26. The summed E-state index contributed by atoms with van der Waals surface area (Å²) >= 11 is 4.44. The fourth-order valence-corrected chi connectivity index (χ4v) is 2.74. The topological polar surface area (TPSA) is 134 Å². The van der Waals surface area contributed by atoms with Crippen molar-refractivity contribution in [3.63, 3.8) is 0 Å². The lowest BCUT2D eigenvalue weighted by molar-refractivity contribution is 0.168. The number of carbonyl (C=O) groups excluding carboxylic acids is 2. The highest BCUT2D eigenvalue weighted by atomic mass is 32.1. The molecule has 34 heavy (non-hydrogen) atoms. The minimum absolute atomic E-state index is 0.0343. The molecular formula is C23H39N7O3S. The van der Waals surface area contributed by atoms with Gasteiger partial charge in [0.15, 0.2) is 0 Å². The van der Waals surface area contributed by atoms with Crippen LogP contribution in [0.25, 0.3) is 0 Å². The Morgan fingerprint density at radius 3 is 2.68 bits per heavy atom. The molecule has 190 valence electrons. The Bertz CT molecular complexity index is 855. The van der Waals surface area contributed by atoms with Crippen molar-refractivity contribution in [1.29, 1.82) is 0 Å². The number of hydrogen-bond acceptors (Lipinski definition) is 8. The Hall–Kier alpha value is -2.92. The molecule has 0 fully saturated rings. The number of allylic oxidation sites excluding steroid dienone is 2. The van der Waals surface area contributed by atoms with Gasteiger partial charge in [-0.15, -0.1) is 12.6 Å². The van der Waals surface area contributed by atoms with Crippen LogP contribution in [0.5, 0.6) is 0 Å². The normalized spacial score (nSPS) is 13.7. The first-order valence-electron chi connectivity index (χ1n) is 11.2. The van der Waals surface area contributed by atoms with Gasteiger partial charge in [0.05, 0.1) is 6.61 Å². The molecule has 0 bridgehead atoms. The molecule has 3 amide bonds. The van der Waals surface area contributed by atoms with Gasteiger partial charge in [-0.2, -0.15) is 0 Å². The third-order valence-electron chi connectivity index (χ3n) is 5.10. The second-order valence-corrected chi connectivity index (χ2v) is 9.32. The van der Waals surface area contributed by atoms with Crippen molar-refractivity contribution in [3.8, 4) is 0 Å². The first-order valence-corrected chi connectivity index (χ1v) is 11.7. The molecule has 0 aliphatic heterocycles. The molecule has 2 unspecified atom stereocenters. The number of ether oxygens (including phenoxy) is 1. The minimum atomic E-state index is -0.545. The van der Waals surface area contributed by atoms with Crippen molar-refractivity contribution in [2.45, 2.75) is 53.0 Å². The van der Waals surface area contributed by atoms with Crippen molar-refractivity contribution in [2.24, 2.45) is 17.2 Å². The Balaban J connectivity index is 2.52. The van der Waals surface area contributed by atoms with Crippen molar-refractivity contribution in [1.82, 2.24) is 25.9 Å². The number of hydrazine groups is 1. The number of aromatic nitrogens is 1. The lowest BCUT2D eigenvalue weighted by Gasteiger charge is -2.26. The van der Waals surface area contributed by atoms with Crippen LogP contribution in [0.3, 0.4) is 0 Å². The van der Waals surface area contributed by atoms with E-state index in [1.165, 1.54) is 0 Å². The van der Waals surface area contributed by atoms with Crippen molar-refractivity contribution in [3.05, 3.63) is 48.1 Å².